The van der Waals surface area contributed by atoms with Crippen molar-refractivity contribution >= 4 is 50.9 Å². The van der Waals surface area contributed by atoms with Crippen LogP contribution in [0.5, 0.6) is 11.5 Å². The quantitative estimate of drug-likeness (QED) is 0.460. The number of amides is 3. The lowest BCUT2D eigenvalue weighted by Gasteiger charge is -2.25. The Morgan fingerprint density at radius 1 is 0.972 bits per heavy atom. The monoisotopic (exact) mass is 549 g/mol. The van der Waals surface area contributed by atoms with Gasteiger partial charge in [-0.15, -0.1) is 0 Å². The molecule has 0 unspecified atom stereocenters. The molecule has 0 saturated heterocycles. The van der Waals surface area contributed by atoms with E-state index in [2.05, 4.69) is 5.32 Å². The van der Waals surface area contributed by atoms with Crippen molar-refractivity contribution in [2.75, 3.05) is 18.7 Å². The number of halogens is 2. The number of anilines is 1. The second-order valence-electron chi connectivity index (χ2n) is 7.81. The molecule has 1 aliphatic rings. The fourth-order valence-electron chi connectivity index (χ4n) is 3.60. The molecule has 3 aromatic carbocycles. The summed E-state index contributed by atoms with van der Waals surface area (Å²) in [4.78, 5) is 27.1. The minimum Gasteiger partial charge on any atom is -0.454 e. The van der Waals surface area contributed by atoms with E-state index in [1.165, 1.54) is 30.1 Å². The number of benzene rings is 3. The van der Waals surface area contributed by atoms with Gasteiger partial charge in [0, 0.05) is 25.2 Å². The number of urea groups is 1. The number of likely N-dealkylation sites (N-methyl/N-ethyl adjacent to an activating group) is 1. The van der Waals surface area contributed by atoms with Crippen LogP contribution in [0.15, 0.2) is 71.6 Å². The number of fused-ring (bicyclic) bond motifs is 1. The van der Waals surface area contributed by atoms with Gasteiger partial charge < -0.3 is 19.7 Å². The highest BCUT2D eigenvalue weighted by Crippen LogP contribution is 2.35. The summed E-state index contributed by atoms with van der Waals surface area (Å²) in [5.74, 6) is 0.558. The van der Waals surface area contributed by atoms with Crippen LogP contribution in [-0.2, 0) is 21.2 Å². The van der Waals surface area contributed by atoms with E-state index in [1.54, 1.807) is 42.5 Å². The lowest BCUT2D eigenvalue weighted by molar-refractivity contribution is -0.120. The normalized spacial score (nSPS) is 13.1. The molecule has 3 aromatic rings. The highest BCUT2D eigenvalue weighted by atomic mass is 35.5. The third kappa shape index (κ3) is 5.67. The maximum Gasteiger partial charge on any atom is 0.329 e. The van der Waals surface area contributed by atoms with Crippen molar-refractivity contribution in [3.63, 3.8) is 0 Å². The first-order valence-corrected chi connectivity index (χ1v) is 12.9. The summed E-state index contributed by atoms with van der Waals surface area (Å²) in [6.07, 6.45) is 0.106. The molecule has 1 atom stereocenters. The zero-order chi connectivity index (χ0) is 25.9. The van der Waals surface area contributed by atoms with Crippen LogP contribution in [0, 0.1) is 0 Å². The largest absolute Gasteiger partial charge is 0.454 e. The lowest BCUT2D eigenvalue weighted by Crippen LogP contribution is -2.52. The fraction of sp³-hybridized carbons (Fsp3) is 0.167. The standard InChI is InChI=1S/C24H21Cl2N3O6S/c1-29(16-10-11-20-21(13-16)35-14-34-20)23(30)19(12-15-6-3-2-4-7-15)27-24(31)28-36(32,33)22-17(25)8-5-9-18(22)26/h2-11,13,19H,12,14H2,1H3,(H2,27,28,31)/t19-/m0/s1. The molecule has 1 heterocycles. The van der Waals surface area contributed by atoms with E-state index in [0.29, 0.717) is 17.2 Å². The number of hydrogen-bond acceptors (Lipinski definition) is 6. The van der Waals surface area contributed by atoms with Crippen LogP contribution in [-0.4, -0.2) is 40.2 Å². The number of nitrogens with one attached hydrogen (secondary N) is 2. The molecule has 0 bridgehead atoms. The van der Waals surface area contributed by atoms with Gasteiger partial charge in [-0.05, 0) is 29.8 Å². The number of rotatable bonds is 7. The molecule has 12 heteroatoms. The van der Waals surface area contributed by atoms with E-state index >= 15 is 0 Å². The molecule has 3 amide bonds. The van der Waals surface area contributed by atoms with Gasteiger partial charge in [0.25, 0.3) is 10.0 Å². The first-order chi connectivity index (χ1) is 17.2. The Bertz CT molecular complexity index is 1380. The number of sulfonamides is 1. The summed E-state index contributed by atoms with van der Waals surface area (Å²) in [5, 5.41) is 2.17. The lowest BCUT2D eigenvalue weighted by atomic mass is 10.0. The van der Waals surface area contributed by atoms with Gasteiger partial charge in [0.2, 0.25) is 12.7 Å². The Morgan fingerprint density at radius 2 is 1.64 bits per heavy atom. The van der Waals surface area contributed by atoms with Crippen LogP contribution in [0.25, 0.3) is 0 Å². The first kappa shape index (κ1) is 25.6. The summed E-state index contributed by atoms with van der Waals surface area (Å²) >= 11 is 12.0. The van der Waals surface area contributed by atoms with E-state index in [1.807, 2.05) is 10.8 Å². The molecule has 0 spiro atoms. The Kier molecular flexibility index (Phi) is 7.58. The van der Waals surface area contributed by atoms with E-state index in [9.17, 15) is 18.0 Å². The van der Waals surface area contributed by atoms with Crippen molar-refractivity contribution in [3.05, 3.63) is 82.3 Å². The Labute approximate surface area is 218 Å². The number of carbonyl (C=O) groups excluding carboxylic acids is 2. The maximum atomic E-state index is 13.4. The Hall–Kier alpha value is -3.47. The van der Waals surface area contributed by atoms with Gasteiger partial charge in [-0.2, -0.15) is 0 Å². The molecule has 4 rings (SSSR count). The predicted octanol–water partition coefficient (Wildman–Crippen LogP) is 3.98. The first-order valence-electron chi connectivity index (χ1n) is 10.6. The van der Waals surface area contributed by atoms with Crippen molar-refractivity contribution in [1.82, 2.24) is 10.0 Å². The molecule has 9 nitrogen and oxygen atoms in total. The number of ether oxygens (including phenoxy) is 2. The molecular formula is C24H21Cl2N3O6S. The van der Waals surface area contributed by atoms with Crippen LogP contribution < -0.4 is 24.4 Å². The van der Waals surface area contributed by atoms with Gasteiger partial charge in [-0.3, -0.25) is 4.79 Å². The summed E-state index contributed by atoms with van der Waals surface area (Å²) < 4.78 is 38.2. The Balaban J connectivity index is 1.56. The highest BCUT2D eigenvalue weighted by molar-refractivity contribution is 7.90. The zero-order valence-electron chi connectivity index (χ0n) is 18.9. The maximum absolute atomic E-state index is 13.4. The molecule has 188 valence electrons. The van der Waals surface area contributed by atoms with Gasteiger partial charge in [-0.1, -0.05) is 59.6 Å². The highest BCUT2D eigenvalue weighted by Gasteiger charge is 2.29. The molecule has 2 N–H and O–H groups in total. The van der Waals surface area contributed by atoms with Crippen molar-refractivity contribution in [3.8, 4) is 11.5 Å². The second kappa shape index (κ2) is 10.7. The van der Waals surface area contributed by atoms with Gasteiger partial charge in [-0.25, -0.2) is 17.9 Å². The van der Waals surface area contributed by atoms with Gasteiger partial charge >= 0.3 is 6.03 Å². The van der Waals surface area contributed by atoms with E-state index in [-0.39, 0.29) is 23.3 Å². The molecular weight excluding hydrogens is 529 g/mol. The topological polar surface area (TPSA) is 114 Å². The molecule has 0 saturated carbocycles. The summed E-state index contributed by atoms with van der Waals surface area (Å²) in [5.41, 5.74) is 1.26. The van der Waals surface area contributed by atoms with Crippen LogP contribution in [0.4, 0.5) is 10.5 Å². The molecule has 0 aromatic heterocycles. The third-order valence-electron chi connectivity index (χ3n) is 5.37. The third-order valence-corrected chi connectivity index (χ3v) is 7.66. The van der Waals surface area contributed by atoms with Gasteiger partial charge in [0.1, 0.15) is 10.9 Å². The smallest absolute Gasteiger partial charge is 0.329 e. The molecule has 1 aliphatic heterocycles. The van der Waals surface area contributed by atoms with Crippen LogP contribution in [0.3, 0.4) is 0 Å². The Morgan fingerprint density at radius 3 is 2.33 bits per heavy atom. The van der Waals surface area contributed by atoms with E-state index in [4.69, 9.17) is 32.7 Å². The SMILES string of the molecule is CN(C(=O)[C@H](Cc1ccccc1)NC(=O)NS(=O)(=O)c1c(Cl)cccc1Cl)c1ccc2c(c1)OCO2. The average Bonchev–Trinajstić information content (AvgIpc) is 3.30. The minimum absolute atomic E-state index is 0.0821. The van der Waals surface area contributed by atoms with E-state index < -0.39 is 32.9 Å². The van der Waals surface area contributed by atoms with Crippen molar-refractivity contribution in [2.24, 2.45) is 0 Å². The average molecular weight is 550 g/mol. The van der Waals surface area contributed by atoms with Crippen LogP contribution in [0.2, 0.25) is 10.0 Å². The van der Waals surface area contributed by atoms with Crippen LogP contribution >= 0.6 is 23.2 Å². The van der Waals surface area contributed by atoms with Crippen LogP contribution in [0.1, 0.15) is 5.56 Å². The van der Waals surface area contributed by atoms with Gasteiger partial charge in [0.15, 0.2) is 11.5 Å². The number of hydrogen-bond donors (Lipinski definition) is 2. The minimum atomic E-state index is -4.43. The van der Waals surface area contributed by atoms with Crippen molar-refractivity contribution < 1.29 is 27.5 Å². The van der Waals surface area contributed by atoms with Crippen molar-refractivity contribution in [2.45, 2.75) is 17.4 Å². The molecule has 0 radical (unpaired) electrons. The predicted molar refractivity (Wildman–Crippen MR) is 135 cm³/mol. The van der Waals surface area contributed by atoms with Gasteiger partial charge in [0.05, 0.1) is 10.0 Å². The fourth-order valence-corrected chi connectivity index (χ4v) is 5.67. The van der Waals surface area contributed by atoms with Crippen molar-refractivity contribution in [1.29, 1.82) is 0 Å². The molecule has 36 heavy (non-hydrogen) atoms. The molecule has 0 aliphatic carbocycles. The van der Waals surface area contributed by atoms with E-state index in [0.717, 1.165) is 5.56 Å². The summed E-state index contributed by atoms with van der Waals surface area (Å²) in [6, 6.07) is 15.9. The zero-order valence-corrected chi connectivity index (χ0v) is 21.2. The molecule has 0 fully saturated rings. The number of nitrogens with zero attached hydrogens (tertiary/aromatic N) is 1. The second-order valence-corrected chi connectivity index (χ2v) is 10.2. The summed E-state index contributed by atoms with van der Waals surface area (Å²) in [6.45, 7) is 0.0821. The summed E-state index contributed by atoms with van der Waals surface area (Å²) in [7, 11) is -2.89. The number of carbonyl (C=O) groups is 2.